The molecule has 0 unspecified atom stereocenters. The number of carbonyl (C=O) groups excluding carboxylic acids is 2. The average molecular weight is 412 g/mol. The van der Waals surface area contributed by atoms with E-state index in [-0.39, 0.29) is 25.3 Å². The van der Waals surface area contributed by atoms with E-state index in [1.807, 2.05) is 19.1 Å². The molecule has 2 aromatic carbocycles. The summed E-state index contributed by atoms with van der Waals surface area (Å²) in [6, 6.07) is 9.01. The predicted molar refractivity (Wildman–Crippen MR) is 108 cm³/mol. The number of hydrogen-bond donors (Lipinski definition) is 0. The van der Waals surface area contributed by atoms with E-state index in [9.17, 15) is 9.59 Å². The van der Waals surface area contributed by atoms with Crippen molar-refractivity contribution in [2.24, 2.45) is 0 Å². The number of cyclic esters (lactones) is 1. The zero-order valence-electron chi connectivity index (χ0n) is 17.1. The van der Waals surface area contributed by atoms with E-state index < -0.39 is 5.97 Å². The average Bonchev–Trinajstić information content (AvgIpc) is 3.11. The Labute approximate surface area is 174 Å². The molecule has 30 heavy (non-hydrogen) atoms. The number of rotatable bonds is 8. The zero-order valence-corrected chi connectivity index (χ0v) is 17.1. The highest BCUT2D eigenvalue weighted by molar-refractivity contribution is 5.96. The summed E-state index contributed by atoms with van der Waals surface area (Å²) < 4.78 is 27.8. The molecule has 0 radical (unpaired) electrons. The first-order chi connectivity index (χ1) is 14.6. The van der Waals surface area contributed by atoms with E-state index in [4.69, 9.17) is 23.7 Å². The molecule has 0 aromatic heterocycles. The molecule has 0 amide bonds. The summed E-state index contributed by atoms with van der Waals surface area (Å²) in [5.41, 5.74) is 2.77. The summed E-state index contributed by atoms with van der Waals surface area (Å²) in [6.45, 7) is 2.18. The summed E-state index contributed by atoms with van der Waals surface area (Å²) in [5, 5.41) is 0. The first kappa shape index (κ1) is 20.1. The SMILES string of the molecule is CCOc1c(OC)ccc(-c2cccc3c2COC3=O)c1OCC(=O)OC1CCC1. The van der Waals surface area contributed by atoms with Gasteiger partial charge < -0.3 is 23.7 Å². The number of benzene rings is 2. The van der Waals surface area contributed by atoms with Crippen molar-refractivity contribution in [2.45, 2.75) is 38.9 Å². The van der Waals surface area contributed by atoms with Gasteiger partial charge in [-0.1, -0.05) is 12.1 Å². The smallest absolute Gasteiger partial charge is 0.344 e. The van der Waals surface area contributed by atoms with Crippen LogP contribution in [0.25, 0.3) is 11.1 Å². The van der Waals surface area contributed by atoms with Gasteiger partial charge in [0, 0.05) is 11.1 Å². The molecule has 0 spiro atoms. The number of carbonyl (C=O) groups is 2. The van der Waals surface area contributed by atoms with Crippen LogP contribution < -0.4 is 14.2 Å². The molecule has 158 valence electrons. The van der Waals surface area contributed by atoms with Crippen LogP contribution in [-0.4, -0.2) is 38.4 Å². The normalized spacial score (nSPS) is 15.1. The maximum absolute atomic E-state index is 12.2. The highest BCUT2D eigenvalue weighted by atomic mass is 16.6. The van der Waals surface area contributed by atoms with Crippen molar-refractivity contribution < 1.29 is 33.3 Å². The summed E-state index contributed by atoms with van der Waals surface area (Å²) in [7, 11) is 1.54. The van der Waals surface area contributed by atoms with E-state index >= 15 is 0 Å². The van der Waals surface area contributed by atoms with Crippen LogP contribution in [0.3, 0.4) is 0 Å². The number of fused-ring (bicyclic) bond motifs is 1. The van der Waals surface area contributed by atoms with Gasteiger partial charge in [-0.3, -0.25) is 0 Å². The number of esters is 2. The van der Waals surface area contributed by atoms with Gasteiger partial charge in [0.2, 0.25) is 5.75 Å². The monoisotopic (exact) mass is 412 g/mol. The Hall–Kier alpha value is -3.22. The van der Waals surface area contributed by atoms with Gasteiger partial charge in [-0.15, -0.1) is 0 Å². The van der Waals surface area contributed by atoms with Crippen LogP contribution >= 0.6 is 0 Å². The molecule has 0 N–H and O–H groups in total. The molecule has 2 aliphatic rings. The Kier molecular flexibility index (Phi) is 5.79. The molecule has 1 aliphatic heterocycles. The lowest BCUT2D eigenvalue weighted by Crippen LogP contribution is -2.28. The molecule has 0 saturated heterocycles. The van der Waals surface area contributed by atoms with E-state index in [1.165, 1.54) is 0 Å². The first-order valence-electron chi connectivity index (χ1n) is 10.1. The minimum Gasteiger partial charge on any atom is -0.493 e. The lowest BCUT2D eigenvalue weighted by Gasteiger charge is -2.25. The Bertz CT molecular complexity index is 962. The third-order valence-corrected chi connectivity index (χ3v) is 5.30. The summed E-state index contributed by atoms with van der Waals surface area (Å²) in [4.78, 5) is 24.2. The minimum atomic E-state index is -0.423. The molecule has 1 fully saturated rings. The maximum Gasteiger partial charge on any atom is 0.344 e. The molecule has 1 saturated carbocycles. The van der Waals surface area contributed by atoms with Crippen LogP contribution in [-0.2, 0) is 20.9 Å². The van der Waals surface area contributed by atoms with Gasteiger partial charge in [0.05, 0.1) is 19.3 Å². The van der Waals surface area contributed by atoms with Gasteiger partial charge >= 0.3 is 11.9 Å². The maximum atomic E-state index is 12.2. The van der Waals surface area contributed by atoms with Gasteiger partial charge in [-0.05, 0) is 49.9 Å². The van der Waals surface area contributed by atoms with Crippen molar-refractivity contribution in [1.29, 1.82) is 0 Å². The van der Waals surface area contributed by atoms with Crippen LogP contribution in [0.15, 0.2) is 30.3 Å². The minimum absolute atomic E-state index is 0.0159. The fourth-order valence-electron chi connectivity index (χ4n) is 3.58. The molecule has 0 bridgehead atoms. The molecule has 4 rings (SSSR count). The largest absolute Gasteiger partial charge is 0.493 e. The van der Waals surface area contributed by atoms with E-state index in [0.29, 0.717) is 35.0 Å². The van der Waals surface area contributed by atoms with Crippen LogP contribution in [0.4, 0.5) is 0 Å². The van der Waals surface area contributed by atoms with Gasteiger partial charge in [0.25, 0.3) is 0 Å². The van der Waals surface area contributed by atoms with Gasteiger partial charge in [0.1, 0.15) is 12.7 Å². The second kappa shape index (κ2) is 8.65. The summed E-state index contributed by atoms with van der Waals surface area (Å²) >= 11 is 0. The topological polar surface area (TPSA) is 80.3 Å². The Morgan fingerprint density at radius 1 is 1.07 bits per heavy atom. The first-order valence-corrected chi connectivity index (χ1v) is 10.1. The summed E-state index contributed by atoms with van der Waals surface area (Å²) in [5.74, 6) is 0.485. The van der Waals surface area contributed by atoms with Crippen molar-refractivity contribution in [3.63, 3.8) is 0 Å². The molecule has 0 atom stereocenters. The quantitative estimate of drug-likeness (QED) is 0.608. The lowest BCUT2D eigenvalue weighted by atomic mass is 9.95. The summed E-state index contributed by atoms with van der Waals surface area (Å²) in [6.07, 6.45) is 2.85. The third-order valence-electron chi connectivity index (χ3n) is 5.30. The van der Waals surface area contributed by atoms with Gasteiger partial charge in [0.15, 0.2) is 18.1 Å². The molecule has 2 aromatic rings. The van der Waals surface area contributed by atoms with E-state index in [2.05, 4.69) is 0 Å². The highest BCUT2D eigenvalue weighted by Crippen LogP contribution is 2.46. The van der Waals surface area contributed by atoms with Crippen molar-refractivity contribution in [3.05, 3.63) is 41.5 Å². The third kappa shape index (κ3) is 3.79. The zero-order chi connectivity index (χ0) is 21.1. The molecule has 1 heterocycles. The Morgan fingerprint density at radius 3 is 2.57 bits per heavy atom. The van der Waals surface area contributed by atoms with Crippen LogP contribution in [0.2, 0.25) is 0 Å². The van der Waals surface area contributed by atoms with Gasteiger partial charge in [-0.2, -0.15) is 0 Å². The molecular formula is C23H24O7. The number of hydrogen-bond acceptors (Lipinski definition) is 7. The van der Waals surface area contributed by atoms with Crippen molar-refractivity contribution in [1.82, 2.24) is 0 Å². The van der Waals surface area contributed by atoms with Crippen molar-refractivity contribution >= 4 is 11.9 Å². The van der Waals surface area contributed by atoms with Crippen molar-refractivity contribution in [3.8, 4) is 28.4 Å². The van der Waals surface area contributed by atoms with Crippen LogP contribution in [0, 0.1) is 0 Å². The number of methoxy groups -OCH3 is 1. The lowest BCUT2D eigenvalue weighted by molar-refractivity contribution is -0.155. The standard InChI is InChI=1S/C23H24O7/c1-3-27-22-19(26-2)11-10-16(15-8-5-9-17-18(15)12-29-23(17)25)21(22)28-13-20(24)30-14-6-4-7-14/h5,8-11,14H,3-4,6-7,12-13H2,1-2H3. The number of ether oxygens (including phenoxy) is 5. The van der Waals surface area contributed by atoms with Crippen molar-refractivity contribution in [2.75, 3.05) is 20.3 Å². The van der Waals surface area contributed by atoms with E-state index in [0.717, 1.165) is 30.4 Å². The van der Waals surface area contributed by atoms with E-state index in [1.54, 1.807) is 25.3 Å². The van der Waals surface area contributed by atoms with Crippen LogP contribution in [0.5, 0.6) is 17.2 Å². The molecule has 7 heteroatoms. The molecule has 1 aliphatic carbocycles. The van der Waals surface area contributed by atoms with Crippen LogP contribution in [0.1, 0.15) is 42.1 Å². The predicted octanol–water partition coefficient (Wildman–Crippen LogP) is 3.91. The highest BCUT2D eigenvalue weighted by Gasteiger charge is 2.28. The second-order valence-corrected chi connectivity index (χ2v) is 7.15. The Morgan fingerprint density at radius 2 is 1.87 bits per heavy atom. The molecule has 7 nitrogen and oxygen atoms in total. The fourth-order valence-corrected chi connectivity index (χ4v) is 3.58. The second-order valence-electron chi connectivity index (χ2n) is 7.15. The molecular weight excluding hydrogens is 388 g/mol. The Balaban J connectivity index is 1.72. The fraction of sp³-hybridized carbons (Fsp3) is 0.391. The van der Waals surface area contributed by atoms with Gasteiger partial charge in [-0.25, -0.2) is 9.59 Å².